The second-order valence-electron chi connectivity index (χ2n) is 4.10. The Kier molecular flexibility index (Phi) is 3.27. The van der Waals surface area contributed by atoms with Crippen LogP contribution in [0.2, 0.25) is 5.02 Å². The smallest absolute Gasteiger partial charge is 0.222 e. The Balaban J connectivity index is 2.04. The number of anilines is 1. The summed E-state index contributed by atoms with van der Waals surface area (Å²) in [6.45, 7) is 0. The molecule has 2 aromatic rings. The van der Waals surface area contributed by atoms with Gasteiger partial charge in [0, 0.05) is 16.3 Å². The second kappa shape index (κ2) is 5.07. The molecule has 0 fully saturated rings. The van der Waals surface area contributed by atoms with Gasteiger partial charge in [0.2, 0.25) is 5.11 Å². The molecule has 0 N–H and O–H groups in total. The minimum absolute atomic E-state index is 0.288. The number of para-hydroxylation sites is 1. The van der Waals surface area contributed by atoms with Gasteiger partial charge in [-0.1, -0.05) is 48.0 Å². The summed E-state index contributed by atoms with van der Waals surface area (Å²) in [5.41, 5.74) is 1.86. The van der Waals surface area contributed by atoms with Crippen molar-refractivity contribution in [1.82, 2.24) is 0 Å². The summed E-state index contributed by atoms with van der Waals surface area (Å²) < 4.78 is 0. The van der Waals surface area contributed by atoms with Crippen LogP contribution in [0, 0.1) is 0 Å². The van der Waals surface area contributed by atoms with E-state index in [4.69, 9.17) is 23.8 Å². The van der Waals surface area contributed by atoms with Gasteiger partial charge < -0.3 is 0 Å². The number of azo groups is 1. The van der Waals surface area contributed by atoms with Gasteiger partial charge in [0.15, 0.2) is 6.17 Å². The fourth-order valence-electron chi connectivity index (χ4n) is 2.03. The lowest BCUT2D eigenvalue weighted by atomic mass is 10.1. The highest BCUT2D eigenvalue weighted by Crippen LogP contribution is 2.36. The molecule has 3 rings (SSSR count). The van der Waals surface area contributed by atoms with Gasteiger partial charge in [-0.25, -0.2) is 0 Å². The van der Waals surface area contributed by atoms with Gasteiger partial charge in [-0.05, 0) is 30.4 Å². The lowest BCUT2D eigenvalue weighted by Crippen LogP contribution is -2.26. The summed E-state index contributed by atoms with van der Waals surface area (Å²) >= 11 is 11.5. The number of nitrogens with zero attached hydrogens (tertiary/aromatic N) is 3. The largest absolute Gasteiger partial charge is 0.287 e. The Hall–Kier alpha value is -1.78. The zero-order chi connectivity index (χ0) is 13.2. The van der Waals surface area contributed by atoms with Gasteiger partial charge in [-0.3, -0.25) is 4.90 Å². The molecule has 2 aromatic carbocycles. The predicted molar refractivity (Wildman–Crippen MR) is 80.6 cm³/mol. The van der Waals surface area contributed by atoms with Gasteiger partial charge in [0.25, 0.3) is 0 Å². The first-order valence-electron chi connectivity index (χ1n) is 5.81. The van der Waals surface area contributed by atoms with E-state index in [1.807, 2.05) is 59.5 Å². The van der Waals surface area contributed by atoms with Crippen LogP contribution in [-0.4, -0.2) is 5.11 Å². The fourth-order valence-corrected chi connectivity index (χ4v) is 2.52. The molecule has 3 nitrogen and oxygen atoms in total. The summed E-state index contributed by atoms with van der Waals surface area (Å²) in [7, 11) is 0. The highest BCUT2D eigenvalue weighted by atomic mass is 35.5. The van der Waals surface area contributed by atoms with Crippen LogP contribution in [-0.2, 0) is 0 Å². The molecule has 19 heavy (non-hydrogen) atoms. The lowest BCUT2D eigenvalue weighted by molar-refractivity contribution is 0.765. The van der Waals surface area contributed by atoms with Crippen molar-refractivity contribution in [2.75, 3.05) is 4.90 Å². The Morgan fingerprint density at radius 3 is 2.42 bits per heavy atom. The van der Waals surface area contributed by atoms with Gasteiger partial charge in [0.1, 0.15) is 0 Å². The standard InChI is InChI=1S/C14H10ClN3S/c15-12-9-5-4-8-11(12)13-16-17-14(19)18(13)10-6-2-1-3-7-10/h1-9,13H. The quantitative estimate of drug-likeness (QED) is 0.755. The summed E-state index contributed by atoms with van der Waals surface area (Å²) in [4.78, 5) is 1.90. The van der Waals surface area contributed by atoms with Crippen molar-refractivity contribution >= 4 is 34.6 Å². The molecule has 1 heterocycles. The number of hydrogen-bond donors (Lipinski definition) is 0. The fraction of sp³-hybridized carbons (Fsp3) is 0.0714. The Bertz CT molecular complexity index is 642. The van der Waals surface area contributed by atoms with Crippen LogP contribution in [0.4, 0.5) is 5.69 Å². The van der Waals surface area contributed by atoms with Crippen molar-refractivity contribution in [1.29, 1.82) is 0 Å². The monoisotopic (exact) mass is 287 g/mol. The van der Waals surface area contributed by atoms with Crippen LogP contribution < -0.4 is 4.90 Å². The van der Waals surface area contributed by atoms with E-state index in [1.54, 1.807) is 0 Å². The molecule has 0 spiro atoms. The van der Waals surface area contributed by atoms with E-state index < -0.39 is 0 Å². The first kappa shape index (κ1) is 12.3. The van der Waals surface area contributed by atoms with Gasteiger partial charge in [-0.2, -0.15) is 5.11 Å². The maximum Gasteiger partial charge on any atom is 0.222 e. The maximum absolute atomic E-state index is 6.23. The molecule has 94 valence electrons. The number of hydrogen-bond acceptors (Lipinski definition) is 2. The maximum atomic E-state index is 6.23. The van der Waals surface area contributed by atoms with E-state index in [2.05, 4.69) is 10.2 Å². The number of rotatable bonds is 2. The average Bonchev–Trinajstić information content (AvgIpc) is 2.82. The molecular formula is C14H10ClN3S. The van der Waals surface area contributed by atoms with Crippen molar-refractivity contribution in [3.63, 3.8) is 0 Å². The number of thiocarbonyl (C=S) groups is 1. The normalized spacial score (nSPS) is 18.1. The minimum Gasteiger partial charge on any atom is -0.287 e. The van der Waals surface area contributed by atoms with Crippen molar-refractivity contribution in [3.8, 4) is 0 Å². The molecule has 5 heteroatoms. The topological polar surface area (TPSA) is 28.0 Å². The van der Waals surface area contributed by atoms with E-state index in [-0.39, 0.29) is 6.17 Å². The summed E-state index contributed by atoms with van der Waals surface area (Å²) in [5.74, 6) is 0. The van der Waals surface area contributed by atoms with Crippen molar-refractivity contribution < 1.29 is 0 Å². The second-order valence-corrected chi connectivity index (χ2v) is 4.87. The molecule has 0 saturated heterocycles. The van der Waals surface area contributed by atoms with Gasteiger partial charge in [-0.15, -0.1) is 5.11 Å². The Morgan fingerprint density at radius 2 is 1.68 bits per heavy atom. The van der Waals surface area contributed by atoms with Crippen molar-refractivity contribution in [2.45, 2.75) is 6.17 Å². The van der Waals surface area contributed by atoms with E-state index >= 15 is 0 Å². The third kappa shape index (κ3) is 2.25. The summed E-state index contributed by atoms with van der Waals surface area (Å²) in [5, 5.41) is 9.37. The molecule has 1 atom stereocenters. The van der Waals surface area contributed by atoms with E-state index in [1.165, 1.54) is 0 Å². The molecule has 1 unspecified atom stereocenters. The SMILES string of the molecule is S=C1N=NC(c2ccccc2Cl)N1c1ccccc1. The van der Waals surface area contributed by atoms with Crippen molar-refractivity contribution in [3.05, 3.63) is 65.2 Å². The van der Waals surface area contributed by atoms with E-state index in [9.17, 15) is 0 Å². The molecule has 0 saturated carbocycles. The first-order valence-corrected chi connectivity index (χ1v) is 6.59. The molecule has 1 aliphatic heterocycles. The molecule has 1 aliphatic rings. The van der Waals surface area contributed by atoms with Gasteiger partial charge >= 0.3 is 0 Å². The van der Waals surface area contributed by atoms with Crippen LogP contribution in [0.3, 0.4) is 0 Å². The Morgan fingerprint density at radius 1 is 1.00 bits per heavy atom. The Labute approximate surface area is 121 Å². The highest BCUT2D eigenvalue weighted by Gasteiger charge is 2.30. The molecule has 0 amide bonds. The van der Waals surface area contributed by atoms with Crippen LogP contribution in [0.15, 0.2) is 64.8 Å². The van der Waals surface area contributed by atoms with E-state index in [0.29, 0.717) is 10.1 Å². The lowest BCUT2D eigenvalue weighted by Gasteiger charge is -2.23. The van der Waals surface area contributed by atoms with Crippen LogP contribution >= 0.6 is 23.8 Å². The third-order valence-electron chi connectivity index (χ3n) is 2.92. The van der Waals surface area contributed by atoms with Crippen LogP contribution in [0.1, 0.15) is 11.7 Å². The van der Waals surface area contributed by atoms with Gasteiger partial charge in [0.05, 0.1) is 0 Å². The van der Waals surface area contributed by atoms with E-state index in [0.717, 1.165) is 11.3 Å². The molecule has 0 aromatic heterocycles. The van der Waals surface area contributed by atoms with Crippen molar-refractivity contribution in [2.24, 2.45) is 10.2 Å². The molecule has 0 radical (unpaired) electrons. The molecule has 0 aliphatic carbocycles. The molecular weight excluding hydrogens is 278 g/mol. The summed E-state index contributed by atoms with van der Waals surface area (Å²) in [6, 6.07) is 17.4. The summed E-state index contributed by atoms with van der Waals surface area (Å²) in [6.07, 6.45) is -0.288. The minimum atomic E-state index is -0.288. The third-order valence-corrected chi connectivity index (χ3v) is 3.54. The average molecular weight is 288 g/mol. The van der Waals surface area contributed by atoms with Crippen LogP contribution in [0.5, 0.6) is 0 Å². The predicted octanol–water partition coefficient (Wildman–Crippen LogP) is 4.60. The molecule has 0 bridgehead atoms. The number of benzene rings is 2. The zero-order valence-corrected chi connectivity index (χ0v) is 11.5. The first-order chi connectivity index (χ1) is 9.27. The number of halogens is 1. The van der Waals surface area contributed by atoms with Crippen LogP contribution in [0.25, 0.3) is 0 Å². The zero-order valence-electron chi connectivity index (χ0n) is 9.90. The highest BCUT2D eigenvalue weighted by molar-refractivity contribution is 7.80.